The van der Waals surface area contributed by atoms with Crippen molar-refractivity contribution in [1.82, 2.24) is 0 Å². The fraction of sp³-hybridized carbons (Fsp3) is 0.267. The normalized spacial score (nSPS) is 9.86. The molecular formula is C15H16O7. The Bertz CT molecular complexity index is 577. The number of aromatic carboxylic acids is 1. The summed E-state index contributed by atoms with van der Waals surface area (Å²) in [6.45, 7) is 2.81. The predicted octanol–water partition coefficient (Wildman–Crippen LogP) is 1.02. The van der Waals surface area contributed by atoms with Gasteiger partial charge < -0.3 is 19.7 Å². The molecule has 0 aliphatic rings. The number of rotatable bonds is 8. The van der Waals surface area contributed by atoms with Gasteiger partial charge in [0.2, 0.25) is 0 Å². The largest absolute Gasteiger partial charge is 0.478 e. The molecule has 0 unspecified atom stereocenters. The summed E-state index contributed by atoms with van der Waals surface area (Å²) in [6.07, 6.45) is 0.102. The van der Waals surface area contributed by atoms with E-state index in [9.17, 15) is 14.4 Å². The zero-order valence-corrected chi connectivity index (χ0v) is 11.8. The molecule has 1 aromatic carbocycles. The minimum absolute atomic E-state index is 0.0778. The molecule has 1 rings (SSSR count). The first-order valence-electron chi connectivity index (χ1n) is 6.42. The Morgan fingerprint density at radius 1 is 1.05 bits per heavy atom. The average molecular weight is 308 g/mol. The minimum atomic E-state index is -1.24. The Morgan fingerprint density at radius 2 is 1.64 bits per heavy atom. The van der Waals surface area contributed by atoms with Crippen LogP contribution in [0.4, 0.5) is 0 Å². The summed E-state index contributed by atoms with van der Waals surface area (Å²) >= 11 is 0. The quantitative estimate of drug-likeness (QED) is 0.419. The highest BCUT2D eigenvalue weighted by Crippen LogP contribution is 2.10. The Kier molecular flexibility index (Phi) is 6.78. The zero-order chi connectivity index (χ0) is 16.5. The first-order chi connectivity index (χ1) is 10.5. The molecule has 7 heteroatoms. The van der Waals surface area contributed by atoms with Crippen molar-refractivity contribution in [3.63, 3.8) is 0 Å². The van der Waals surface area contributed by atoms with Crippen LogP contribution in [-0.4, -0.2) is 47.9 Å². The van der Waals surface area contributed by atoms with Crippen LogP contribution in [-0.2, 0) is 14.3 Å². The highest BCUT2D eigenvalue weighted by molar-refractivity contribution is 6.02. The van der Waals surface area contributed by atoms with Crippen LogP contribution in [0.1, 0.15) is 27.1 Å². The molecule has 7 nitrogen and oxygen atoms in total. The standard InChI is InChI=1S/C15H16O7/c1-10(6-7-16)14(19)21-8-9-22-15(20)12-5-3-2-4-11(12)13(17)18/h2-5,16H,1,6-9H2,(H,17,18). The number of esters is 2. The number of benzene rings is 1. The van der Waals surface area contributed by atoms with Gasteiger partial charge in [-0.2, -0.15) is 0 Å². The second kappa shape index (κ2) is 8.58. The van der Waals surface area contributed by atoms with Crippen LogP contribution in [0.3, 0.4) is 0 Å². The van der Waals surface area contributed by atoms with Gasteiger partial charge in [-0.1, -0.05) is 18.7 Å². The number of aliphatic hydroxyl groups is 1. The summed E-state index contributed by atoms with van der Waals surface area (Å²) in [7, 11) is 0. The average Bonchev–Trinajstić information content (AvgIpc) is 2.51. The molecule has 1 aromatic rings. The van der Waals surface area contributed by atoms with Gasteiger partial charge in [0, 0.05) is 18.6 Å². The van der Waals surface area contributed by atoms with Crippen LogP contribution in [0, 0.1) is 0 Å². The summed E-state index contributed by atoms with van der Waals surface area (Å²) in [5, 5.41) is 17.6. The molecule has 0 radical (unpaired) electrons. The predicted molar refractivity (Wildman–Crippen MR) is 75.5 cm³/mol. The van der Waals surface area contributed by atoms with Gasteiger partial charge in [-0.25, -0.2) is 14.4 Å². The summed E-state index contributed by atoms with van der Waals surface area (Å²) in [5.74, 6) is -2.74. The summed E-state index contributed by atoms with van der Waals surface area (Å²) in [4.78, 5) is 34.1. The van der Waals surface area contributed by atoms with Crippen LogP contribution in [0.2, 0.25) is 0 Å². The third-order valence-electron chi connectivity index (χ3n) is 2.63. The number of carbonyl (C=O) groups is 3. The van der Waals surface area contributed by atoms with Crippen LogP contribution in [0.25, 0.3) is 0 Å². The highest BCUT2D eigenvalue weighted by atomic mass is 16.6. The molecule has 0 spiro atoms. The van der Waals surface area contributed by atoms with E-state index in [1.807, 2.05) is 0 Å². The van der Waals surface area contributed by atoms with Gasteiger partial charge in [-0.05, 0) is 12.1 Å². The number of carbonyl (C=O) groups excluding carboxylic acids is 2. The van der Waals surface area contributed by atoms with Gasteiger partial charge in [-0.15, -0.1) is 0 Å². The Labute approximate surface area is 126 Å². The number of aliphatic hydroxyl groups excluding tert-OH is 1. The fourth-order valence-corrected chi connectivity index (χ4v) is 1.53. The monoisotopic (exact) mass is 308 g/mol. The van der Waals surface area contributed by atoms with E-state index in [2.05, 4.69) is 6.58 Å². The first kappa shape index (κ1) is 17.4. The Balaban J connectivity index is 2.46. The molecule has 0 bridgehead atoms. The second-order valence-electron chi connectivity index (χ2n) is 4.20. The Morgan fingerprint density at radius 3 is 2.23 bits per heavy atom. The van der Waals surface area contributed by atoms with Crippen molar-refractivity contribution in [2.45, 2.75) is 6.42 Å². The third-order valence-corrected chi connectivity index (χ3v) is 2.63. The van der Waals surface area contributed by atoms with Gasteiger partial charge in [0.05, 0.1) is 11.1 Å². The lowest BCUT2D eigenvalue weighted by atomic mass is 10.1. The van der Waals surface area contributed by atoms with Crippen LogP contribution < -0.4 is 0 Å². The van der Waals surface area contributed by atoms with Crippen LogP contribution in [0.15, 0.2) is 36.4 Å². The molecule has 0 heterocycles. The van der Waals surface area contributed by atoms with E-state index in [1.165, 1.54) is 24.3 Å². The van der Waals surface area contributed by atoms with E-state index >= 15 is 0 Å². The van der Waals surface area contributed by atoms with Crippen molar-refractivity contribution in [1.29, 1.82) is 0 Å². The maximum Gasteiger partial charge on any atom is 0.339 e. The number of carboxylic acids is 1. The smallest absolute Gasteiger partial charge is 0.339 e. The third kappa shape index (κ3) is 5.02. The van der Waals surface area contributed by atoms with Gasteiger partial charge in [0.15, 0.2) is 0 Å². The van der Waals surface area contributed by atoms with E-state index in [0.29, 0.717) is 0 Å². The molecule has 0 saturated heterocycles. The SMILES string of the molecule is C=C(CCO)C(=O)OCCOC(=O)c1ccccc1C(=O)O. The van der Waals surface area contributed by atoms with Crippen molar-refractivity contribution in [3.8, 4) is 0 Å². The van der Waals surface area contributed by atoms with Gasteiger partial charge in [0.1, 0.15) is 13.2 Å². The van der Waals surface area contributed by atoms with E-state index in [1.54, 1.807) is 0 Å². The van der Waals surface area contributed by atoms with E-state index in [-0.39, 0.29) is 42.9 Å². The van der Waals surface area contributed by atoms with Gasteiger partial charge >= 0.3 is 17.9 Å². The topological polar surface area (TPSA) is 110 Å². The molecule has 0 aliphatic carbocycles. The molecule has 118 valence electrons. The summed E-state index contributed by atoms with van der Waals surface area (Å²) in [5.41, 5.74) is -0.128. The van der Waals surface area contributed by atoms with Crippen molar-refractivity contribution in [3.05, 3.63) is 47.5 Å². The summed E-state index contributed by atoms with van der Waals surface area (Å²) in [6, 6.07) is 5.63. The van der Waals surface area contributed by atoms with Crippen molar-refractivity contribution >= 4 is 17.9 Å². The number of carboxylic acid groups (broad SMARTS) is 1. The maximum atomic E-state index is 11.8. The lowest BCUT2D eigenvalue weighted by molar-refractivity contribution is -0.140. The molecule has 0 amide bonds. The first-order valence-corrected chi connectivity index (χ1v) is 6.42. The molecule has 2 N–H and O–H groups in total. The maximum absolute atomic E-state index is 11.8. The van der Waals surface area contributed by atoms with Crippen molar-refractivity contribution in [2.24, 2.45) is 0 Å². The minimum Gasteiger partial charge on any atom is -0.478 e. The molecule has 22 heavy (non-hydrogen) atoms. The van der Waals surface area contributed by atoms with Gasteiger partial charge in [0.25, 0.3) is 0 Å². The van der Waals surface area contributed by atoms with E-state index < -0.39 is 17.9 Å². The van der Waals surface area contributed by atoms with Crippen molar-refractivity contribution < 1.29 is 34.1 Å². The lowest BCUT2D eigenvalue weighted by Gasteiger charge is -2.08. The zero-order valence-electron chi connectivity index (χ0n) is 11.8. The number of hydrogen-bond donors (Lipinski definition) is 2. The van der Waals surface area contributed by atoms with E-state index in [4.69, 9.17) is 19.7 Å². The lowest BCUT2D eigenvalue weighted by Crippen LogP contribution is -2.17. The Hall–Kier alpha value is -2.67. The molecule has 0 aromatic heterocycles. The molecular weight excluding hydrogens is 292 g/mol. The van der Waals surface area contributed by atoms with Crippen LogP contribution in [0.5, 0.6) is 0 Å². The van der Waals surface area contributed by atoms with Crippen molar-refractivity contribution in [2.75, 3.05) is 19.8 Å². The molecule has 0 fully saturated rings. The number of ether oxygens (including phenoxy) is 2. The molecule has 0 aliphatic heterocycles. The molecule has 0 atom stereocenters. The highest BCUT2D eigenvalue weighted by Gasteiger charge is 2.17. The second-order valence-corrected chi connectivity index (χ2v) is 4.20. The molecule has 0 saturated carbocycles. The van der Waals surface area contributed by atoms with Gasteiger partial charge in [-0.3, -0.25) is 0 Å². The summed E-state index contributed by atoms with van der Waals surface area (Å²) < 4.78 is 9.63. The number of hydrogen-bond acceptors (Lipinski definition) is 6. The fourth-order valence-electron chi connectivity index (χ4n) is 1.53. The van der Waals surface area contributed by atoms with Crippen LogP contribution >= 0.6 is 0 Å². The van der Waals surface area contributed by atoms with E-state index in [0.717, 1.165) is 0 Å².